The molecule has 0 bridgehead atoms. The van der Waals surface area contributed by atoms with E-state index in [-0.39, 0.29) is 6.10 Å². The molecule has 1 aromatic carbocycles. The molecule has 1 aliphatic heterocycles. The Morgan fingerprint density at radius 1 is 1.47 bits per heavy atom. The fourth-order valence-electron chi connectivity index (χ4n) is 2.19. The molecule has 1 aliphatic rings. The van der Waals surface area contributed by atoms with Crippen molar-refractivity contribution in [3.8, 4) is 0 Å². The van der Waals surface area contributed by atoms with Crippen molar-refractivity contribution in [3.05, 3.63) is 24.3 Å². The highest BCUT2D eigenvalue weighted by molar-refractivity contribution is 7.22. The molecule has 5 nitrogen and oxygen atoms in total. The van der Waals surface area contributed by atoms with Gasteiger partial charge in [0, 0.05) is 6.54 Å². The molecule has 19 heavy (non-hydrogen) atoms. The van der Waals surface area contributed by atoms with Gasteiger partial charge in [-0.05, 0) is 25.0 Å². The third-order valence-electron chi connectivity index (χ3n) is 3.16. The lowest BCUT2D eigenvalue weighted by Gasteiger charge is -2.11. The molecule has 0 saturated carbocycles. The van der Waals surface area contributed by atoms with Gasteiger partial charge < -0.3 is 15.2 Å². The molecule has 100 valence electrons. The van der Waals surface area contributed by atoms with Crippen molar-refractivity contribution >= 4 is 32.7 Å². The number of carboxylic acids is 1. The van der Waals surface area contributed by atoms with E-state index in [1.54, 1.807) is 11.3 Å². The number of hydrogen-bond donors (Lipinski definition) is 2. The van der Waals surface area contributed by atoms with Crippen LogP contribution in [0.1, 0.15) is 12.8 Å². The van der Waals surface area contributed by atoms with Gasteiger partial charge in [0.15, 0.2) is 11.2 Å². The molecule has 2 unspecified atom stereocenters. The van der Waals surface area contributed by atoms with E-state index < -0.39 is 12.1 Å². The molecule has 0 amide bonds. The van der Waals surface area contributed by atoms with E-state index in [0.29, 0.717) is 13.0 Å². The Hall–Kier alpha value is -1.66. The number of hydrogen-bond acceptors (Lipinski definition) is 5. The maximum atomic E-state index is 10.8. The lowest BCUT2D eigenvalue weighted by atomic mass is 10.2. The van der Waals surface area contributed by atoms with Gasteiger partial charge in [-0.15, -0.1) is 0 Å². The summed E-state index contributed by atoms with van der Waals surface area (Å²) in [6.07, 6.45) is 0.659. The number of nitrogens with zero attached hydrogens (tertiary/aromatic N) is 1. The molecular formula is C13H14N2O3S. The third kappa shape index (κ3) is 2.69. The molecule has 2 atom stereocenters. The molecule has 1 fully saturated rings. The number of ether oxygens (including phenoxy) is 1. The number of para-hydroxylation sites is 1. The number of fused-ring (bicyclic) bond motifs is 1. The van der Waals surface area contributed by atoms with Crippen LogP contribution in [-0.2, 0) is 9.53 Å². The summed E-state index contributed by atoms with van der Waals surface area (Å²) in [5.41, 5.74) is 0.978. The first-order valence-electron chi connectivity index (χ1n) is 6.20. The fraction of sp³-hybridized carbons (Fsp3) is 0.385. The largest absolute Gasteiger partial charge is 0.479 e. The Morgan fingerprint density at radius 3 is 3.05 bits per heavy atom. The number of aliphatic carboxylic acids is 1. The smallest absolute Gasteiger partial charge is 0.332 e. The van der Waals surface area contributed by atoms with Gasteiger partial charge in [-0.3, -0.25) is 0 Å². The predicted molar refractivity (Wildman–Crippen MR) is 73.6 cm³/mol. The first-order valence-corrected chi connectivity index (χ1v) is 7.02. The van der Waals surface area contributed by atoms with Crippen LogP contribution in [0.5, 0.6) is 0 Å². The lowest BCUT2D eigenvalue weighted by molar-refractivity contribution is -0.149. The first-order chi connectivity index (χ1) is 9.22. The van der Waals surface area contributed by atoms with Gasteiger partial charge in [-0.25, -0.2) is 9.78 Å². The van der Waals surface area contributed by atoms with Crippen LogP contribution in [0.2, 0.25) is 0 Å². The minimum Gasteiger partial charge on any atom is -0.479 e. The Balaban J connectivity index is 1.59. The third-order valence-corrected chi connectivity index (χ3v) is 4.15. The fourth-order valence-corrected chi connectivity index (χ4v) is 3.06. The number of carbonyl (C=O) groups is 1. The van der Waals surface area contributed by atoms with Crippen molar-refractivity contribution in [2.24, 2.45) is 0 Å². The molecular weight excluding hydrogens is 264 g/mol. The molecule has 2 aromatic rings. The summed E-state index contributed by atoms with van der Waals surface area (Å²) in [5, 5.41) is 12.9. The van der Waals surface area contributed by atoms with E-state index in [4.69, 9.17) is 9.84 Å². The molecule has 3 rings (SSSR count). The number of benzene rings is 1. The summed E-state index contributed by atoms with van der Waals surface area (Å²) in [6, 6.07) is 7.96. The van der Waals surface area contributed by atoms with E-state index >= 15 is 0 Å². The maximum Gasteiger partial charge on any atom is 0.332 e. The molecule has 0 aliphatic carbocycles. The Morgan fingerprint density at radius 2 is 2.32 bits per heavy atom. The summed E-state index contributed by atoms with van der Waals surface area (Å²) in [6.45, 7) is 0.601. The van der Waals surface area contributed by atoms with Crippen LogP contribution >= 0.6 is 11.3 Å². The highest BCUT2D eigenvalue weighted by Gasteiger charge is 2.30. The Labute approximate surface area is 114 Å². The van der Waals surface area contributed by atoms with E-state index in [2.05, 4.69) is 10.3 Å². The van der Waals surface area contributed by atoms with Crippen LogP contribution in [0.15, 0.2) is 24.3 Å². The predicted octanol–water partition coefficient (Wildman–Crippen LogP) is 2.34. The topological polar surface area (TPSA) is 71.5 Å². The second-order valence-electron chi connectivity index (χ2n) is 4.53. The minimum absolute atomic E-state index is 0.0480. The van der Waals surface area contributed by atoms with Crippen molar-refractivity contribution in [3.63, 3.8) is 0 Å². The zero-order valence-corrected chi connectivity index (χ0v) is 11.0. The summed E-state index contributed by atoms with van der Waals surface area (Å²) >= 11 is 1.59. The van der Waals surface area contributed by atoms with Gasteiger partial charge >= 0.3 is 5.97 Å². The molecule has 1 saturated heterocycles. The van der Waals surface area contributed by atoms with Crippen LogP contribution in [-0.4, -0.2) is 34.8 Å². The van der Waals surface area contributed by atoms with Gasteiger partial charge in [-0.2, -0.15) is 0 Å². The maximum absolute atomic E-state index is 10.8. The van der Waals surface area contributed by atoms with Gasteiger partial charge in [0.25, 0.3) is 0 Å². The SMILES string of the molecule is O=C(O)C1CCC(CNc2nc3ccccc3s2)O1. The van der Waals surface area contributed by atoms with E-state index in [9.17, 15) is 4.79 Å². The lowest BCUT2D eigenvalue weighted by Crippen LogP contribution is -2.24. The van der Waals surface area contributed by atoms with Crippen molar-refractivity contribution < 1.29 is 14.6 Å². The number of aromatic nitrogens is 1. The van der Waals surface area contributed by atoms with Crippen molar-refractivity contribution in [1.82, 2.24) is 4.98 Å². The summed E-state index contributed by atoms with van der Waals surface area (Å²) in [5.74, 6) is -0.873. The highest BCUT2D eigenvalue weighted by atomic mass is 32.1. The number of anilines is 1. The summed E-state index contributed by atoms with van der Waals surface area (Å²) < 4.78 is 6.57. The van der Waals surface area contributed by atoms with E-state index in [0.717, 1.165) is 21.8 Å². The van der Waals surface area contributed by atoms with Gasteiger partial charge in [0.2, 0.25) is 0 Å². The van der Waals surface area contributed by atoms with Crippen LogP contribution < -0.4 is 5.32 Å². The van der Waals surface area contributed by atoms with Crippen LogP contribution in [0.4, 0.5) is 5.13 Å². The summed E-state index contributed by atoms with van der Waals surface area (Å²) in [7, 11) is 0. The average molecular weight is 278 g/mol. The van der Waals surface area contributed by atoms with Crippen molar-refractivity contribution in [2.45, 2.75) is 25.0 Å². The number of thiazole rings is 1. The standard InChI is InChI=1S/C13H14N2O3S/c16-12(17)10-6-5-8(18-10)7-14-13-15-9-3-1-2-4-11(9)19-13/h1-4,8,10H,5-7H2,(H,14,15)(H,16,17). The van der Waals surface area contributed by atoms with Crippen molar-refractivity contribution in [1.29, 1.82) is 0 Å². The number of carboxylic acid groups (broad SMARTS) is 1. The Bertz CT molecular complexity index is 565. The summed E-state index contributed by atoms with van der Waals surface area (Å²) in [4.78, 5) is 15.2. The quantitative estimate of drug-likeness (QED) is 0.898. The molecule has 0 spiro atoms. The van der Waals surface area contributed by atoms with Gasteiger partial charge in [-0.1, -0.05) is 23.5 Å². The second kappa shape index (κ2) is 5.14. The van der Waals surface area contributed by atoms with Crippen LogP contribution in [0.25, 0.3) is 10.2 Å². The molecule has 1 aromatic heterocycles. The monoisotopic (exact) mass is 278 g/mol. The Kier molecular flexibility index (Phi) is 3.35. The molecule has 0 radical (unpaired) electrons. The number of rotatable bonds is 4. The normalized spacial score (nSPS) is 22.7. The second-order valence-corrected chi connectivity index (χ2v) is 5.56. The van der Waals surface area contributed by atoms with E-state index in [1.165, 1.54) is 0 Å². The van der Waals surface area contributed by atoms with Gasteiger partial charge in [0.05, 0.1) is 16.3 Å². The molecule has 6 heteroatoms. The van der Waals surface area contributed by atoms with Crippen LogP contribution in [0.3, 0.4) is 0 Å². The van der Waals surface area contributed by atoms with Crippen molar-refractivity contribution in [2.75, 3.05) is 11.9 Å². The van der Waals surface area contributed by atoms with Gasteiger partial charge in [0.1, 0.15) is 0 Å². The van der Waals surface area contributed by atoms with E-state index in [1.807, 2.05) is 24.3 Å². The zero-order chi connectivity index (χ0) is 13.2. The minimum atomic E-state index is -0.873. The highest BCUT2D eigenvalue weighted by Crippen LogP contribution is 2.26. The zero-order valence-electron chi connectivity index (χ0n) is 10.2. The number of nitrogens with one attached hydrogen (secondary N) is 1. The molecule has 2 N–H and O–H groups in total. The van der Waals surface area contributed by atoms with Crippen LogP contribution in [0, 0.1) is 0 Å². The molecule has 2 heterocycles. The average Bonchev–Trinajstić information content (AvgIpc) is 3.02. The first kappa shape index (κ1) is 12.4.